The third-order valence-electron chi connectivity index (χ3n) is 2.69. The third kappa shape index (κ3) is 4.78. The van der Waals surface area contributed by atoms with Crippen molar-refractivity contribution in [2.45, 2.75) is 13.0 Å². The molecule has 0 heterocycles. The van der Waals surface area contributed by atoms with Gasteiger partial charge in [0.1, 0.15) is 18.2 Å². The lowest BCUT2D eigenvalue weighted by molar-refractivity contribution is 0.304. The first kappa shape index (κ1) is 15.4. The SMILES string of the molecule is OCCC#Cc1ccc(OCc2cccc(Cl)c2)cc1F. The lowest BCUT2D eigenvalue weighted by Crippen LogP contribution is -1.96. The Hall–Kier alpha value is -2.02. The van der Waals surface area contributed by atoms with Gasteiger partial charge < -0.3 is 9.84 Å². The van der Waals surface area contributed by atoms with Crippen molar-refractivity contribution in [3.05, 3.63) is 64.4 Å². The second-order valence-corrected chi connectivity index (χ2v) is 4.77. The van der Waals surface area contributed by atoms with Crippen molar-refractivity contribution in [1.82, 2.24) is 0 Å². The number of hydrogen-bond donors (Lipinski definition) is 1. The molecule has 2 rings (SSSR count). The Labute approximate surface area is 128 Å². The fourth-order valence-electron chi connectivity index (χ4n) is 1.69. The number of aliphatic hydroxyl groups is 1. The van der Waals surface area contributed by atoms with Crippen LogP contribution < -0.4 is 4.74 Å². The summed E-state index contributed by atoms with van der Waals surface area (Å²) in [5.41, 5.74) is 1.20. The highest BCUT2D eigenvalue weighted by Crippen LogP contribution is 2.18. The lowest BCUT2D eigenvalue weighted by Gasteiger charge is -2.07. The second-order valence-electron chi connectivity index (χ2n) is 4.34. The van der Waals surface area contributed by atoms with Crippen LogP contribution in [-0.2, 0) is 6.61 Å². The van der Waals surface area contributed by atoms with E-state index in [0.29, 0.717) is 29.4 Å². The molecule has 0 aliphatic carbocycles. The Morgan fingerprint density at radius 1 is 1.19 bits per heavy atom. The molecule has 0 saturated carbocycles. The maximum absolute atomic E-state index is 13.8. The van der Waals surface area contributed by atoms with Gasteiger partial charge >= 0.3 is 0 Å². The molecule has 4 heteroatoms. The van der Waals surface area contributed by atoms with Crippen molar-refractivity contribution in [2.75, 3.05) is 6.61 Å². The van der Waals surface area contributed by atoms with Gasteiger partial charge in [-0.1, -0.05) is 35.6 Å². The van der Waals surface area contributed by atoms with Crippen molar-refractivity contribution in [2.24, 2.45) is 0 Å². The van der Waals surface area contributed by atoms with Crippen LogP contribution in [0.25, 0.3) is 0 Å². The highest BCUT2D eigenvalue weighted by atomic mass is 35.5. The smallest absolute Gasteiger partial charge is 0.142 e. The van der Waals surface area contributed by atoms with Crippen LogP contribution >= 0.6 is 11.6 Å². The van der Waals surface area contributed by atoms with Gasteiger partial charge in [0.25, 0.3) is 0 Å². The molecule has 0 aliphatic heterocycles. The fourth-order valence-corrected chi connectivity index (χ4v) is 1.91. The van der Waals surface area contributed by atoms with Gasteiger partial charge in [0.2, 0.25) is 0 Å². The third-order valence-corrected chi connectivity index (χ3v) is 2.93. The molecule has 2 aromatic carbocycles. The molecule has 0 radical (unpaired) electrons. The molecule has 0 aliphatic rings. The average Bonchev–Trinajstić information content (AvgIpc) is 2.47. The standard InChI is InChI=1S/C17H14ClFO2/c18-15-6-3-4-13(10-15)12-21-16-8-7-14(17(19)11-16)5-1-2-9-20/h3-4,6-8,10-11,20H,2,9,12H2. The Morgan fingerprint density at radius 3 is 2.76 bits per heavy atom. The van der Waals surface area contributed by atoms with Gasteiger partial charge in [-0.25, -0.2) is 4.39 Å². The minimum atomic E-state index is -0.441. The summed E-state index contributed by atoms with van der Waals surface area (Å²) in [4.78, 5) is 0. The van der Waals surface area contributed by atoms with Gasteiger partial charge in [0, 0.05) is 17.5 Å². The minimum absolute atomic E-state index is 0.0323. The van der Waals surface area contributed by atoms with E-state index in [0.717, 1.165) is 5.56 Å². The number of halogens is 2. The highest BCUT2D eigenvalue weighted by molar-refractivity contribution is 6.30. The number of benzene rings is 2. The Morgan fingerprint density at radius 2 is 2.05 bits per heavy atom. The van der Waals surface area contributed by atoms with E-state index in [4.69, 9.17) is 21.4 Å². The minimum Gasteiger partial charge on any atom is -0.489 e. The zero-order valence-corrected chi connectivity index (χ0v) is 12.0. The molecule has 0 aromatic heterocycles. The van der Waals surface area contributed by atoms with Gasteiger partial charge in [-0.2, -0.15) is 0 Å². The summed E-state index contributed by atoms with van der Waals surface area (Å²) in [7, 11) is 0. The summed E-state index contributed by atoms with van der Waals surface area (Å²) in [6.07, 6.45) is 0.326. The summed E-state index contributed by atoms with van der Waals surface area (Å²) < 4.78 is 19.3. The summed E-state index contributed by atoms with van der Waals surface area (Å²) >= 11 is 5.88. The van der Waals surface area contributed by atoms with Gasteiger partial charge in [-0.3, -0.25) is 0 Å². The van der Waals surface area contributed by atoms with E-state index in [1.807, 2.05) is 12.1 Å². The van der Waals surface area contributed by atoms with Crippen molar-refractivity contribution in [3.63, 3.8) is 0 Å². The molecule has 2 aromatic rings. The van der Waals surface area contributed by atoms with Gasteiger partial charge in [-0.05, 0) is 29.8 Å². The molecule has 108 valence electrons. The van der Waals surface area contributed by atoms with E-state index >= 15 is 0 Å². The Balaban J connectivity index is 2.02. The van der Waals surface area contributed by atoms with Crippen LogP contribution in [0.5, 0.6) is 5.75 Å². The number of rotatable bonds is 4. The van der Waals surface area contributed by atoms with E-state index in [-0.39, 0.29) is 6.61 Å². The molecular weight excluding hydrogens is 291 g/mol. The zero-order chi connectivity index (χ0) is 15.1. The van der Waals surface area contributed by atoms with E-state index < -0.39 is 5.82 Å². The average molecular weight is 305 g/mol. The highest BCUT2D eigenvalue weighted by Gasteiger charge is 2.03. The molecule has 0 unspecified atom stereocenters. The molecule has 1 N–H and O–H groups in total. The molecule has 0 atom stereocenters. The van der Waals surface area contributed by atoms with E-state index in [1.165, 1.54) is 6.07 Å². The second kappa shape index (κ2) is 7.68. The van der Waals surface area contributed by atoms with E-state index in [2.05, 4.69) is 11.8 Å². The summed E-state index contributed by atoms with van der Waals surface area (Å²) in [5, 5.41) is 9.27. The normalized spacial score (nSPS) is 9.86. The van der Waals surface area contributed by atoms with E-state index in [9.17, 15) is 4.39 Å². The maximum atomic E-state index is 13.8. The molecule has 0 bridgehead atoms. The quantitative estimate of drug-likeness (QED) is 0.871. The fraction of sp³-hybridized carbons (Fsp3) is 0.176. The van der Waals surface area contributed by atoms with Crippen LogP contribution in [0.2, 0.25) is 5.02 Å². The van der Waals surface area contributed by atoms with Crippen molar-refractivity contribution >= 4 is 11.6 Å². The first-order chi connectivity index (χ1) is 10.2. The van der Waals surface area contributed by atoms with Crippen LogP contribution in [0.15, 0.2) is 42.5 Å². The van der Waals surface area contributed by atoms with Gasteiger partial charge in [0.05, 0.1) is 12.2 Å². The molecule has 2 nitrogen and oxygen atoms in total. The van der Waals surface area contributed by atoms with Crippen LogP contribution in [-0.4, -0.2) is 11.7 Å². The van der Waals surface area contributed by atoms with E-state index in [1.54, 1.807) is 24.3 Å². The van der Waals surface area contributed by atoms with Crippen molar-refractivity contribution in [1.29, 1.82) is 0 Å². The van der Waals surface area contributed by atoms with Crippen LogP contribution in [0, 0.1) is 17.7 Å². The summed E-state index contributed by atoms with van der Waals surface area (Å²) in [5.74, 6) is 5.33. The number of hydrogen-bond acceptors (Lipinski definition) is 2. The number of aliphatic hydroxyl groups excluding tert-OH is 1. The molecule has 21 heavy (non-hydrogen) atoms. The lowest BCUT2D eigenvalue weighted by atomic mass is 10.2. The summed E-state index contributed by atoms with van der Waals surface area (Å²) in [6.45, 7) is 0.283. The molecule has 0 saturated heterocycles. The molecule has 0 spiro atoms. The predicted molar refractivity (Wildman–Crippen MR) is 80.8 cm³/mol. The number of ether oxygens (including phenoxy) is 1. The Kier molecular flexibility index (Phi) is 5.62. The first-order valence-electron chi connectivity index (χ1n) is 6.45. The first-order valence-corrected chi connectivity index (χ1v) is 6.83. The molecular formula is C17H14ClFO2. The van der Waals surface area contributed by atoms with Crippen LogP contribution in [0.3, 0.4) is 0 Å². The van der Waals surface area contributed by atoms with Gasteiger partial charge in [-0.15, -0.1) is 0 Å². The zero-order valence-electron chi connectivity index (χ0n) is 11.3. The predicted octanol–water partition coefficient (Wildman–Crippen LogP) is 3.79. The topological polar surface area (TPSA) is 29.5 Å². The molecule has 0 amide bonds. The van der Waals surface area contributed by atoms with Crippen LogP contribution in [0.1, 0.15) is 17.5 Å². The van der Waals surface area contributed by atoms with Crippen LogP contribution in [0.4, 0.5) is 4.39 Å². The summed E-state index contributed by atoms with van der Waals surface area (Å²) in [6, 6.07) is 11.8. The van der Waals surface area contributed by atoms with Crippen molar-refractivity contribution in [3.8, 4) is 17.6 Å². The Bertz CT molecular complexity index is 674. The molecule has 0 fully saturated rings. The monoisotopic (exact) mass is 304 g/mol. The largest absolute Gasteiger partial charge is 0.489 e. The maximum Gasteiger partial charge on any atom is 0.142 e. The van der Waals surface area contributed by atoms with Gasteiger partial charge in [0.15, 0.2) is 0 Å². The van der Waals surface area contributed by atoms with Crippen molar-refractivity contribution < 1.29 is 14.2 Å².